The lowest BCUT2D eigenvalue weighted by atomic mass is 10.1. The Bertz CT molecular complexity index is 486. The molecule has 0 spiro atoms. The quantitative estimate of drug-likeness (QED) is 0.377. The molecule has 6 heteroatoms. The first-order chi connectivity index (χ1) is 8.58. The van der Waals surface area contributed by atoms with Gasteiger partial charge in [0.05, 0.1) is 12.3 Å². The third-order valence-electron chi connectivity index (χ3n) is 2.04. The van der Waals surface area contributed by atoms with Crippen LogP contribution in [0, 0.1) is 16.5 Å². The number of nitriles is 1. The zero-order chi connectivity index (χ0) is 13.5. The van der Waals surface area contributed by atoms with Crippen LogP contribution in [0.25, 0.3) is 6.08 Å². The van der Waals surface area contributed by atoms with Gasteiger partial charge in [-0.3, -0.25) is 5.21 Å². The SMILES string of the molecule is CCOC(=O)/C(C#N)=C\c1ccc(N([O-])O)cc1. The number of anilines is 1. The van der Waals surface area contributed by atoms with Crippen molar-refractivity contribution in [1.82, 2.24) is 0 Å². The molecule has 0 amide bonds. The summed E-state index contributed by atoms with van der Waals surface area (Å²) in [6.07, 6.45) is 1.34. The van der Waals surface area contributed by atoms with Gasteiger partial charge in [-0.2, -0.15) is 5.26 Å². The zero-order valence-electron chi connectivity index (χ0n) is 9.66. The third-order valence-corrected chi connectivity index (χ3v) is 2.04. The van der Waals surface area contributed by atoms with Crippen molar-refractivity contribution in [2.24, 2.45) is 0 Å². The number of hydrogen-bond donors (Lipinski definition) is 1. The second kappa shape index (κ2) is 6.39. The molecular weight excluding hydrogens is 236 g/mol. The van der Waals surface area contributed by atoms with Crippen LogP contribution >= 0.6 is 0 Å². The molecule has 0 bridgehead atoms. The topological polar surface area (TPSA) is 96.6 Å². The maximum Gasteiger partial charge on any atom is 0.348 e. The Morgan fingerprint density at radius 3 is 2.61 bits per heavy atom. The zero-order valence-corrected chi connectivity index (χ0v) is 9.66. The summed E-state index contributed by atoms with van der Waals surface area (Å²) in [5.74, 6) is -0.698. The first kappa shape index (κ1) is 13.7. The van der Waals surface area contributed by atoms with Gasteiger partial charge in [0, 0.05) is 0 Å². The van der Waals surface area contributed by atoms with Gasteiger partial charge in [-0.25, -0.2) is 4.79 Å². The first-order valence-electron chi connectivity index (χ1n) is 5.13. The van der Waals surface area contributed by atoms with Crippen LogP contribution in [0.1, 0.15) is 12.5 Å². The first-order valence-corrected chi connectivity index (χ1v) is 5.13. The molecule has 0 saturated heterocycles. The number of carbonyl (C=O) groups is 1. The standard InChI is InChI=1S/C12H11N2O4/c1-2-18-12(15)10(8-13)7-9-3-5-11(6-4-9)14(16)17/h3-7,16H,2H2,1H3/q-1/b10-7-. The van der Waals surface area contributed by atoms with Gasteiger partial charge in [-0.15, -0.1) is 0 Å². The second-order valence-electron chi connectivity index (χ2n) is 3.25. The number of nitrogens with zero attached hydrogens (tertiary/aromatic N) is 2. The Kier molecular flexibility index (Phi) is 4.87. The predicted octanol–water partition coefficient (Wildman–Crippen LogP) is 1.85. The van der Waals surface area contributed by atoms with Crippen molar-refractivity contribution in [3.63, 3.8) is 0 Å². The molecule has 0 heterocycles. The largest absolute Gasteiger partial charge is 0.733 e. The minimum absolute atomic E-state index is 0.0572. The maximum absolute atomic E-state index is 11.3. The molecule has 0 saturated carbocycles. The third kappa shape index (κ3) is 3.59. The summed E-state index contributed by atoms with van der Waals surface area (Å²) in [5.41, 5.74) is 0.472. The van der Waals surface area contributed by atoms with Crippen LogP contribution in [0.3, 0.4) is 0 Å². The number of carbonyl (C=O) groups excluding carboxylic acids is 1. The lowest BCUT2D eigenvalue weighted by Crippen LogP contribution is -2.07. The van der Waals surface area contributed by atoms with Crippen LogP contribution in [0.4, 0.5) is 5.69 Å². The maximum atomic E-state index is 11.3. The van der Waals surface area contributed by atoms with Crippen molar-refractivity contribution in [2.45, 2.75) is 6.92 Å². The van der Waals surface area contributed by atoms with Crippen LogP contribution in [0.2, 0.25) is 0 Å². The molecule has 0 atom stereocenters. The average Bonchev–Trinajstić information content (AvgIpc) is 2.36. The van der Waals surface area contributed by atoms with Gasteiger partial charge in [0.1, 0.15) is 11.6 Å². The molecule has 94 valence electrons. The highest BCUT2D eigenvalue weighted by Crippen LogP contribution is 2.15. The van der Waals surface area contributed by atoms with Gasteiger partial charge in [-0.1, -0.05) is 12.1 Å². The minimum Gasteiger partial charge on any atom is -0.733 e. The van der Waals surface area contributed by atoms with E-state index < -0.39 is 5.97 Å². The van der Waals surface area contributed by atoms with Gasteiger partial charge in [0.25, 0.3) is 0 Å². The van der Waals surface area contributed by atoms with E-state index in [2.05, 4.69) is 0 Å². The summed E-state index contributed by atoms with van der Waals surface area (Å²) in [7, 11) is 0. The summed E-state index contributed by atoms with van der Waals surface area (Å²) in [6.45, 7) is 1.83. The van der Waals surface area contributed by atoms with Gasteiger partial charge < -0.3 is 15.2 Å². The van der Waals surface area contributed by atoms with E-state index >= 15 is 0 Å². The molecule has 0 aliphatic carbocycles. The van der Waals surface area contributed by atoms with E-state index in [0.717, 1.165) is 0 Å². The van der Waals surface area contributed by atoms with E-state index in [9.17, 15) is 10.0 Å². The second-order valence-corrected chi connectivity index (χ2v) is 3.25. The molecule has 6 nitrogen and oxygen atoms in total. The van der Waals surface area contributed by atoms with E-state index in [-0.39, 0.29) is 23.1 Å². The lowest BCUT2D eigenvalue weighted by molar-refractivity contribution is -0.137. The summed E-state index contributed by atoms with van der Waals surface area (Å²) in [4.78, 5) is 11.3. The number of hydrogen-bond acceptors (Lipinski definition) is 6. The van der Waals surface area contributed by atoms with Crippen molar-refractivity contribution in [3.8, 4) is 6.07 Å². The molecule has 0 aliphatic heterocycles. The minimum atomic E-state index is -0.698. The Morgan fingerprint density at radius 1 is 1.56 bits per heavy atom. The Balaban J connectivity index is 2.93. The molecule has 0 unspecified atom stereocenters. The predicted molar refractivity (Wildman–Crippen MR) is 64.3 cm³/mol. The fourth-order valence-corrected chi connectivity index (χ4v) is 1.21. The highest BCUT2D eigenvalue weighted by atomic mass is 16.8. The smallest absolute Gasteiger partial charge is 0.348 e. The van der Waals surface area contributed by atoms with Crippen molar-refractivity contribution in [1.29, 1.82) is 5.26 Å². The molecule has 1 aromatic carbocycles. The monoisotopic (exact) mass is 247 g/mol. The van der Waals surface area contributed by atoms with Crippen molar-refractivity contribution < 1.29 is 14.7 Å². The molecule has 0 radical (unpaired) electrons. The van der Waals surface area contributed by atoms with E-state index in [1.807, 2.05) is 0 Å². The van der Waals surface area contributed by atoms with Gasteiger partial charge >= 0.3 is 5.97 Å². The van der Waals surface area contributed by atoms with Crippen molar-refractivity contribution in [3.05, 3.63) is 40.6 Å². The van der Waals surface area contributed by atoms with Crippen LogP contribution < -0.4 is 5.23 Å². The highest BCUT2D eigenvalue weighted by molar-refractivity contribution is 5.97. The summed E-state index contributed by atoms with van der Waals surface area (Å²) in [6, 6.07) is 7.44. The van der Waals surface area contributed by atoms with Gasteiger partial charge in [0.15, 0.2) is 0 Å². The number of ether oxygens (including phenoxy) is 1. The van der Waals surface area contributed by atoms with Crippen molar-refractivity contribution >= 4 is 17.7 Å². The summed E-state index contributed by atoms with van der Waals surface area (Å²) >= 11 is 0. The van der Waals surface area contributed by atoms with Crippen LogP contribution in [0.5, 0.6) is 0 Å². The molecule has 0 aliphatic rings. The molecule has 0 aromatic heterocycles. The number of benzene rings is 1. The van der Waals surface area contributed by atoms with Gasteiger partial charge in [-0.05, 0) is 30.7 Å². The highest BCUT2D eigenvalue weighted by Gasteiger charge is 2.09. The van der Waals surface area contributed by atoms with Crippen LogP contribution in [-0.2, 0) is 9.53 Å². The van der Waals surface area contributed by atoms with Crippen molar-refractivity contribution in [2.75, 3.05) is 11.8 Å². The number of rotatable bonds is 4. The Hall–Kier alpha value is -2.36. The van der Waals surface area contributed by atoms with E-state index in [0.29, 0.717) is 5.56 Å². The fourth-order valence-electron chi connectivity index (χ4n) is 1.21. The Labute approximate surface area is 104 Å². The summed E-state index contributed by atoms with van der Waals surface area (Å²) < 4.78 is 4.70. The summed E-state index contributed by atoms with van der Waals surface area (Å²) in [5, 5.41) is 27.7. The van der Waals surface area contributed by atoms with E-state index in [1.165, 1.54) is 30.3 Å². The van der Waals surface area contributed by atoms with Crippen LogP contribution in [-0.4, -0.2) is 17.8 Å². The fraction of sp³-hybridized carbons (Fsp3) is 0.167. The molecule has 0 fully saturated rings. The number of esters is 1. The normalized spacial score (nSPS) is 10.7. The van der Waals surface area contributed by atoms with E-state index in [1.54, 1.807) is 13.0 Å². The lowest BCUT2D eigenvalue weighted by Gasteiger charge is -2.21. The molecule has 1 rings (SSSR count). The van der Waals surface area contributed by atoms with Crippen LogP contribution in [0.15, 0.2) is 29.8 Å². The van der Waals surface area contributed by atoms with Gasteiger partial charge in [0.2, 0.25) is 0 Å². The molecule has 1 aromatic rings. The molecule has 1 N–H and O–H groups in total. The molecule has 18 heavy (non-hydrogen) atoms. The molecular formula is C12H11N2O4-. The Morgan fingerprint density at radius 2 is 2.17 bits per heavy atom. The van der Waals surface area contributed by atoms with E-state index in [4.69, 9.17) is 15.2 Å². The average molecular weight is 247 g/mol.